The zero-order valence-corrected chi connectivity index (χ0v) is 19.2. The predicted molar refractivity (Wildman–Crippen MR) is 122 cm³/mol. The molecule has 3 aromatic rings. The highest BCUT2D eigenvalue weighted by Gasteiger charge is 2.23. The van der Waals surface area contributed by atoms with E-state index < -0.39 is 0 Å². The van der Waals surface area contributed by atoms with Crippen molar-refractivity contribution in [3.63, 3.8) is 0 Å². The van der Waals surface area contributed by atoms with Crippen LogP contribution < -0.4 is 9.64 Å². The number of nitrogens with zero attached hydrogens (tertiary/aromatic N) is 4. The summed E-state index contributed by atoms with van der Waals surface area (Å²) in [5.41, 5.74) is 0.500. The molecule has 0 N–H and O–H groups in total. The highest BCUT2D eigenvalue weighted by molar-refractivity contribution is 7.99. The van der Waals surface area contributed by atoms with Gasteiger partial charge in [-0.05, 0) is 55.2 Å². The fourth-order valence-corrected chi connectivity index (χ4v) is 4.37. The van der Waals surface area contributed by atoms with Crippen molar-refractivity contribution in [2.45, 2.75) is 31.5 Å². The fraction of sp³-hybridized carbons (Fsp3) is 0.435. The number of esters is 1. The minimum atomic E-state index is -0.359. The van der Waals surface area contributed by atoms with Crippen molar-refractivity contribution in [3.05, 3.63) is 54.0 Å². The Morgan fingerprint density at radius 3 is 2.66 bits per heavy atom. The van der Waals surface area contributed by atoms with E-state index in [0.29, 0.717) is 30.2 Å². The summed E-state index contributed by atoms with van der Waals surface area (Å²) < 4.78 is 18.2. The number of anilines is 1. The second-order valence-electron chi connectivity index (χ2n) is 7.83. The maximum absolute atomic E-state index is 11.5. The molecular weight excluding hydrogens is 428 g/mol. The second-order valence-corrected chi connectivity index (χ2v) is 8.89. The summed E-state index contributed by atoms with van der Waals surface area (Å²) in [6.07, 6.45) is 4.02. The first kappa shape index (κ1) is 22.3. The van der Waals surface area contributed by atoms with Crippen molar-refractivity contribution in [1.82, 2.24) is 14.8 Å². The van der Waals surface area contributed by atoms with Gasteiger partial charge in [-0.25, -0.2) is 4.79 Å². The molecule has 0 unspecified atom stereocenters. The number of thioether (sulfide) groups is 1. The minimum absolute atomic E-state index is 0.359. The lowest BCUT2D eigenvalue weighted by atomic mass is 10.00. The third-order valence-corrected chi connectivity index (χ3v) is 6.45. The molecule has 3 heterocycles. The van der Waals surface area contributed by atoms with E-state index >= 15 is 0 Å². The molecule has 9 heteroatoms. The molecule has 0 aliphatic carbocycles. The first-order valence-electron chi connectivity index (χ1n) is 10.8. The zero-order valence-electron chi connectivity index (χ0n) is 18.4. The SMILES string of the molecule is COC(=O)c1ccc(OCCSc2nnc(N3CCC(C)CC3)n2Cc2ccco2)cc1. The second kappa shape index (κ2) is 10.6. The van der Waals surface area contributed by atoms with Crippen LogP contribution in [0.25, 0.3) is 0 Å². The monoisotopic (exact) mass is 456 g/mol. The largest absolute Gasteiger partial charge is 0.493 e. The van der Waals surface area contributed by atoms with E-state index in [-0.39, 0.29) is 5.97 Å². The van der Waals surface area contributed by atoms with E-state index in [9.17, 15) is 4.79 Å². The van der Waals surface area contributed by atoms with Crippen LogP contribution in [0.5, 0.6) is 5.75 Å². The molecule has 32 heavy (non-hydrogen) atoms. The Balaban J connectivity index is 1.37. The number of carbonyl (C=O) groups excluding carboxylic acids is 1. The first-order chi connectivity index (χ1) is 15.6. The van der Waals surface area contributed by atoms with Gasteiger partial charge in [-0.15, -0.1) is 10.2 Å². The minimum Gasteiger partial charge on any atom is -0.493 e. The molecule has 0 spiro atoms. The number of carbonyl (C=O) groups is 1. The van der Waals surface area contributed by atoms with E-state index in [0.717, 1.165) is 35.9 Å². The van der Waals surface area contributed by atoms with Crippen LogP contribution in [-0.2, 0) is 11.3 Å². The predicted octanol–water partition coefficient (Wildman–Crippen LogP) is 4.11. The summed E-state index contributed by atoms with van der Waals surface area (Å²) >= 11 is 1.61. The molecule has 4 rings (SSSR count). The van der Waals surface area contributed by atoms with Gasteiger partial charge in [-0.1, -0.05) is 18.7 Å². The van der Waals surface area contributed by atoms with Crippen molar-refractivity contribution in [1.29, 1.82) is 0 Å². The average molecular weight is 457 g/mol. The molecular formula is C23H28N4O4S. The first-order valence-corrected chi connectivity index (χ1v) is 11.8. The van der Waals surface area contributed by atoms with Gasteiger partial charge in [-0.2, -0.15) is 0 Å². The highest BCUT2D eigenvalue weighted by Crippen LogP contribution is 2.27. The van der Waals surface area contributed by atoms with Crippen LogP contribution in [0.4, 0.5) is 5.95 Å². The summed E-state index contributed by atoms with van der Waals surface area (Å²) in [5.74, 6) is 3.59. The number of rotatable bonds is 9. The quantitative estimate of drug-likeness (QED) is 0.270. The van der Waals surface area contributed by atoms with Crippen LogP contribution in [-0.4, -0.2) is 53.3 Å². The van der Waals surface area contributed by atoms with E-state index in [4.69, 9.17) is 13.9 Å². The van der Waals surface area contributed by atoms with Crippen molar-refractivity contribution < 1.29 is 18.7 Å². The van der Waals surface area contributed by atoms with E-state index in [1.54, 1.807) is 42.3 Å². The Kier molecular flexibility index (Phi) is 7.36. The van der Waals surface area contributed by atoms with Gasteiger partial charge in [0.05, 0.1) is 32.1 Å². The van der Waals surface area contributed by atoms with Crippen LogP contribution >= 0.6 is 11.8 Å². The molecule has 0 saturated carbocycles. The molecule has 1 aromatic carbocycles. The Hall–Kier alpha value is -2.94. The summed E-state index contributed by atoms with van der Waals surface area (Å²) in [7, 11) is 1.37. The normalized spacial score (nSPS) is 14.5. The number of hydrogen-bond donors (Lipinski definition) is 0. The Bertz CT molecular complexity index is 996. The average Bonchev–Trinajstić information content (AvgIpc) is 3.48. The van der Waals surface area contributed by atoms with Crippen LogP contribution in [0.2, 0.25) is 0 Å². The molecule has 0 atom stereocenters. The van der Waals surface area contributed by atoms with Gasteiger partial charge in [0.1, 0.15) is 11.5 Å². The summed E-state index contributed by atoms with van der Waals surface area (Å²) in [6.45, 7) is 5.39. The van der Waals surface area contributed by atoms with Crippen LogP contribution in [0, 0.1) is 5.92 Å². The van der Waals surface area contributed by atoms with E-state index in [1.807, 2.05) is 12.1 Å². The van der Waals surface area contributed by atoms with Crippen molar-refractivity contribution in [2.24, 2.45) is 5.92 Å². The number of ether oxygens (including phenoxy) is 2. The smallest absolute Gasteiger partial charge is 0.337 e. The third kappa shape index (κ3) is 5.45. The lowest BCUT2D eigenvalue weighted by Gasteiger charge is -2.31. The molecule has 0 amide bonds. The maximum Gasteiger partial charge on any atom is 0.337 e. The Labute approximate surface area is 191 Å². The standard InChI is InChI=1S/C23H28N4O4S/c1-17-9-11-26(12-10-17)22-24-25-23(27(22)16-20-4-3-13-30-20)32-15-14-31-19-7-5-18(6-8-19)21(28)29-2/h3-8,13,17H,9-12,14-16H2,1-2H3. The molecule has 0 radical (unpaired) electrons. The molecule has 1 aliphatic rings. The Morgan fingerprint density at radius 2 is 1.97 bits per heavy atom. The van der Waals surface area contributed by atoms with Crippen molar-refractivity contribution in [2.75, 3.05) is 37.5 Å². The van der Waals surface area contributed by atoms with E-state index in [2.05, 4.69) is 26.6 Å². The number of furan rings is 1. The molecule has 2 aromatic heterocycles. The van der Waals surface area contributed by atoms with Crippen molar-refractivity contribution in [3.8, 4) is 5.75 Å². The van der Waals surface area contributed by atoms with Gasteiger partial charge in [0, 0.05) is 18.8 Å². The van der Waals surface area contributed by atoms with Gasteiger partial charge in [0.25, 0.3) is 0 Å². The van der Waals surface area contributed by atoms with Gasteiger partial charge in [0.15, 0.2) is 5.16 Å². The third-order valence-electron chi connectivity index (χ3n) is 5.52. The lowest BCUT2D eigenvalue weighted by Crippen LogP contribution is -2.35. The number of piperidine rings is 1. The van der Waals surface area contributed by atoms with Gasteiger partial charge >= 0.3 is 5.97 Å². The summed E-state index contributed by atoms with van der Waals surface area (Å²) in [5, 5.41) is 9.82. The van der Waals surface area contributed by atoms with Gasteiger partial charge in [-0.3, -0.25) is 4.57 Å². The fourth-order valence-electron chi connectivity index (χ4n) is 3.62. The van der Waals surface area contributed by atoms with Crippen molar-refractivity contribution >= 4 is 23.7 Å². The molecule has 0 bridgehead atoms. The number of aromatic nitrogens is 3. The van der Waals surface area contributed by atoms with Crippen LogP contribution in [0.1, 0.15) is 35.9 Å². The van der Waals surface area contributed by atoms with Gasteiger partial charge in [0.2, 0.25) is 5.95 Å². The molecule has 1 saturated heterocycles. The summed E-state index contributed by atoms with van der Waals surface area (Å²) in [4.78, 5) is 13.8. The van der Waals surface area contributed by atoms with E-state index in [1.165, 1.54) is 20.0 Å². The molecule has 170 valence electrons. The zero-order chi connectivity index (χ0) is 22.3. The van der Waals surface area contributed by atoms with Crippen LogP contribution in [0.15, 0.2) is 52.2 Å². The molecule has 8 nitrogen and oxygen atoms in total. The number of methoxy groups -OCH3 is 1. The molecule has 1 aliphatic heterocycles. The summed E-state index contributed by atoms with van der Waals surface area (Å²) in [6, 6.07) is 10.8. The van der Waals surface area contributed by atoms with Crippen LogP contribution in [0.3, 0.4) is 0 Å². The molecule has 1 fully saturated rings. The highest BCUT2D eigenvalue weighted by atomic mass is 32.2. The maximum atomic E-state index is 11.5. The van der Waals surface area contributed by atoms with Gasteiger partial charge < -0.3 is 18.8 Å². The number of hydrogen-bond acceptors (Lipinski definition) is 8. The topological polar surface area (TPSA) is 82.6 Å². The Morgan fingerprint density at radius 1 is 1.19 bits per heavy atom. The number of benzene rings is 1. The lowest BCUT2D eigenvalue weighted by molar-refractivity contribution is 0.0600.